The fraction of sp³-hybridized carbons (Fsp3) is 0.385. The van der Waals surface area contributed by atoms with Crippen molar-refractivity contribution in [2.45, 2.75) is 26.0 Å². The van der Waals surface area contributed by atoms with Crippen molar-refractivity contribution in [2.75, 3.05) is 7.11 Å². The summed E-state index contributed by atoms with van der Waals surface area (Å²) >= 11 is 0. The highest BCUT2D eigenvalue weighted by Crippen LogP contribution is 2.32. The minimum absolute atomic E-state index is 0.0263. The fourth-order valence-electron chi connectivity index (χ4n) is 1.94. The van der Waals surface area contributed by atoms with Gasteiger partial charge in [-0.2, -0.15) is 5.10 Å². The zero-order chi connectivity index (χ0) is 14.0. The predicted molar refractivity (Wildman–Crippen MR) is 67.4 cm³/mol. The molecule has 0 saturated heterocycles. The van der Waals surface area contributed by atoms with Crippen LogP contribution in [0.4, 0.5) is 4.39 Å². The summed E-state index contributed by atoms with van der Waals surface area (Å²) < 4.78 is 20.5. The van der Waals surface area contributed by atoms with Crippen LogP contribution < -0.4 is 4.74 Å². The molecule has 0 radical (unpaired) electrons. The highest BCUT2D eigenvalue weighted by atomic mass is 19.1. The lowest BCUT2D eigenvalue weighted by molar-refractivity contribution is 0.194. The van der Waals surface area contributed by atoms with Crippen LogP contribution >= 0.6 is 0 Å². The van der Waals surface area contributed by atoms with E-state index in [1.165, 1.54) is 25.6 Å². The smallest absolute Gasteiger partial charge is 0.163 e. The van der Waals surface area contributed by atoms with E-state index in [-0.39, 0.29) is 11.6 Å². The van der Waals surface area contributed by atoms with Crippen molar-refractivity contribution in [2.24, 2.45) is 0 Å². The van der Waals surface area contributed by atoms with Crippen LogP contribution in [-0.4, -0.2) is 27.0 Å². The number of pyridine rings is 1. The van der Waals surface area contributed by atoms with Gasteiger partial charge in [-0.1, -0.05) is 0 Å². The first-order valence-electron chi connectivity index (χ1n) is 5.95. The summed E-state index contributed by atoms with van der Waals surface area (Å²) in [5.74, 6) is -0.133. The molecule has 1 unspecified atom stereocenters. The fourth-order valence-corrected chi connectivity index (χ4v) is 1.94. The van der Waals surface area contributed by atoms with Crippen molar-refractivity contribution in [3.63, 3.8) is 0 Å². The Morgan fingerprint density at radius 1 is 1.37 bits per heavy atom. The Balaban J connectivity index is 2.52. The van der Waals surface area contributed by atoms with Crippen LogP contribution in [0.15, 0.2) is 24.7 Å². The lowest BCUT2D eigenvalue weighted by atomic mass is 10.1. The van der Waals surface area contributed by atoms with E-state index in [4.69, 9.17) is 4.74 Å². The molecule has 2 heterocycles. The third-order valence-corrected chi connectivity index (χ3v) is 2.87. The minimum atomic E-state index is -1.15. The molecular weight excluding hydrogens is 249 g/mol. The molecule has 0 aromatic carbocycles. The van der Waals surface area contributed by atoms with Gasteiger partial charge in [-0.25, -0.2) is 4.39 Å². The van der Waals surface area contributed by atoms with Gasteiger partial charge in [-0.3, -0.25) is 9.67 Å². The molecule has 0 aliphatic rings. The third-order valence-electron chi connectivity index (χ3n) is 2.87. The van der Waals surface area contributed by atoms with E-state index < -0.39 is 11.9 Å². The molecule has 0 aliphatic carbocycles. The number of ether oxygens (including phenoxy) is 1. The lowest BCUT2D eigenvalue weighted by Gasteiger charge is -2.17. The maximum absolute atomic E-state index is 13.7. The summed E-state index contributed by atoms with van der Waals surface area (Å²) in [4.78, 5) is 3.67. The number of hydrogen-bond acceptors (Lipinski definition) is 4. The first kappa shape index (κ1) is 13.5. The molecule has 19 heavy (non-hydrogen) atoms. The second-order valence-corrected chi connectivity index (χ2v) is 4.44. The number of rotatable bonds is 4. The summed E-state index contributed by atoms with van der Waals surface area (Å²) in [7, 11) is 1.49. The second-order valence-electron chi connectivity index (χ2n) is 4.44. The van der Waals surface area contributed by atoms with Crippen LogP contribution in [0.3, 0.4) is 0 Å². The zero-order valence-electron chi connectivity index (χ0n) is 11.0. The van der Waals surface area contributed by atoms with Crippen molar-refractivity contribution < 1.29 is 14.2 Å². The molecule has 102 valence electrons. The second kappa shape index (κ2) is 5.36. The Bertz CT molecular complexity index is 569. The van der Waals surface area contributed by atoms with Gasteiger partial charge in [0.2, 0.25) is 0 Å². The highest BCUT2D eigenvalue weighted by Gasteiger charge is 2.25. The Morgan fingerprint density at radius 3 is 2.68 bits per heavy atom. The summed E-state index contributed by atoms with van der Waals surface area (Å²) in [5.41, 5.74) is 0.582. The summed E-state index contributed by atoms with van der Waals surface area (Å²) in [5, 5.41) is 14.6. The number of nitrogens with zero attached hydrogens (tertiary/aromatic N) is 3. The van der Waals surface area contributed by atoms with Gasteiger partial charge in [-0.05, 0) is 19.9 Å². The molecule has 0 aliphatic heterocycles. The molecule has 1 N–H and O–H groups in total. The maximum atomic E-state index is 13.7. The number of aromatic nitrogens is 3. The minimum Gasteiger partial charge on any atom is -0.493 e. The normalized spacial score (nSPS) is 12.7. The van der Waals surface area contributed by atoms with Crippen LogP contribution in [-0.2, 0) is 0 Å². The quantitative estimate of drug-likeness (QED) is 0.919. The van der Waals surface area contributed by atoms with E-state index in [0.29, 0.717) is 11.4 Å². The van der Waals surface area contributed by atoms with Gasteiger partial charge in [0.1, 0.15) is 17.6 Å². The summed E-state index contributed by atoms with van der Waals surface area (Å²) in [6.07, 6.45) is 2.87. The first-order valence-corrected chi connectivity index (χ1v) is 5.95. The van der Waals surface area contributed by atoms with Crippen LogP contribution in [0.5, 0.6) is 5.75 Å². The van der Waals surface area contributed by atoms with Crippen molar-refractivity contribution in [1.29, 1.82) is 0 Å². The van der Waals surface area contributed by atoms with E-state index in [0.717, 1.165) is 6.20 Å². The number of halogens is 1. The van der Waals surface area contributed by atoms with E-state index in [1.807, 2.05) is 13.8 Å². The van der Waals surface area contributed by atoms with Crippen molar-refractivity contribution >= 4 is 0 Å². The zero-order valence-corrected chi connectivity index (χ0v) is 11.0. The average Bonchev–Trinajstić information content (AvgIpc) is 2.82. The Hall–Kier alpha value is -1.95. The molecule has 0 amide bonds. The molecule has 1 atom stereocenters. The van der Waals surface area contributed by atoms with E-state index >= 15 is 0 Å². The van der Waals surface area contributed by atoms with E-state index in [1.54, 1.807) is 4.68 Å². The van der Waals surface area contributed by atoms with Crippen LogP contribution in [0.1, 0.15) is 37.3 Å². The van der Waals surface area contributed by atoms with Crippen LogP contribution in [0, 0.1) is 5.82 Å². The maximum Gasteiger partial charge on any atom is 0.163 e. The summed E-state index contributed by atoms with van der Waals surface area (Å²) in [6.45, 7) is 3.84. The molecule has 2 rings (SSSR count). The van der Waals surface area contributed by atoms with Gasteiger partial charge in [0.05, 0.1) is 19.5 Å². The van der Waals surface area contributed by atoms with Gasteiger partial charge in [0.15, 0.2) is 5.75 Å². The first-order chi connectivity index (χ1) is 9.06. The number of hydrogen-bond donors (Lipinski definition) is 1. The SMILES string of the molecule is COc1cnn(C(C)C)c1C(O)c1ccncc1F. The molecular formula is C13H16FN3O2. The molecule has 0 spiro atoms. The van der Waals surface area contributed by atoms with Gasteiger partial charge < -0.3 is 9.84 Å². The molecule has 0 saturated carbocycles. The largest absolute Gasteiger partial charge is 0.493 e. The van der Waals surface area contributed by atoms with Crippen molar-refractivity contribution in [3.8, 4) is 5.75 Å². The Morgan fingerprint density at radius 2 is 2.11 bits per heavy atom. The van der Waals surface area contributed by atoms with Gasteiger partial charge >= 0.3 is 0 Å². The number of methoxy groups -OCH3 is 1. The van der Waals surface area contributed by atoms with Gasteiger partial charge in [0.25, 0.3) is 0 Å². The van der Waals surface area contributed by atoms with Crippen molar-refractivity contribution in [1.82, 2.24) is 14.8 Å². The van der Waals surface area contributed by atoms with Gasteiger partial charge in [-0.15, -0.1) is 0 Å². The molecule has 2 aromatic heterocycles. The Kier molecular flexibility index (Phi) is 3.80. The predicted octanol–water partition coefficient (Wildman–Crippen LogP) is 2.09. The monoisotopic (exact) mass is 265 g/mol. The van der Waals surface area contributed by atoms with Crippen LogP contribution in [0.2, 0.25) is 0 Å². The standard InChI is InChI=1S/C13H16FN3O2/c1-8(2)17-12(11(19-3)7-16-17)13(18)9-4-5-15-6-10(9)14/h4-8,13,18H,1-3H3. The molecule has 2 aromatic rings. The summed E-state index contributed by atoms with van der Waals surface area (Å²) in [6, 6.07) is 1.47. The highest BCUT2D eigenvalue weighted by molar-refractivity contribution is 5.34. The van der Waals surface area contributed by atoms with Crippen molar-refractivity contribution in [3.05, 3.63) is 41.7 Å². The lowest BCUT2D eigenvalue weighted by Crippen LogP contribution is -2.14. The topological polar surface area (TPSA) is 60.2 Å². The number of aliphatic hydroxyl groups excluding tert-OH is 1. The molecule has 0 bridgehead atoms. The third kappa shape index (κ3) is 2.44. The number of aliphatic hydroxyl groups is 1. The van der Waals surface area contributed by atoms with Crippen LogP contribution in [0.25, 0.3) is 0 Å². The van der Waals surface area contributed by atoms with E-state index in [9.17, 15) is 9.50 Å². The van der Waals surface area contributed by atoms with Gasteiger partial charge in [0, 0.05) is 17.8 Å². The molecule has 6 heteroatoms. The van der Waals surface area contributed by atoms with E-state index in [2.05, 4.69) is 10.1 Å². The Labute approximate surface area is 110 Å². The average molecular weight is 265 g/mol. The molecule has 5 nitrogen and oxygen atoms in total. The molecule has 0 fully saturated rings.